The van der Waals surface area contributed by atoms with Crippen molar-refractivity contribution in [2.45, 2.75) is 38.0 Å². The van der Waals surface area contributed by atoms with Gasteiger partial charge in [-0.2, -0.15) is 0 Å². The number of ether oxygens (including phenoxy) is 1. The number of esters is 1. The van der Waals surface area contributed by atoms with Crippen molar-refractivity contribution < 1.29 is 9.53 Å². The van der Waals surface area contributed by atoms with Gasteiger partial charge in [-0.15, -0.1) is 12.4 Å². The zero-order valence-corrected chi connectivity index (χ0v) is 12.0. The number of nitrogens with two attached hydrogens (primary N) is 1. The van der Waals surface area contributed by atoms with Crippen LogP contribution in [0.3, 0.4) is 0 Å². The number of rotatable bonds is 3. The van der Waals surface area contributed by atoms with Gasteiger partial charge in [-0.25, -0.2) is 0 Å². The third-order valence-electron chi connectivity index (χ3n) is 3.76. The molecule has 5 heteroatoms. The molecular formula is C14H21ClN2O2. The molecule has 2 N–H and O–H groups in total. The lowest BCUT2D eigenvalue weighted by Crippen LogP contribution is -2.17. The van der Waals surface area contributed by atoms with Crippen LogP contribution in [0.15, 0.2) is 18.3 Å². The third-order valence-corrected chi connectivity index (χ3v) is 3.76. The van der Waals surface area contributed by atoms with Gasteiger partial charge in [0.25, 0.3) is 0 Å². The smallest absolute Gasteiger partial charge is 0.305 e. The molecule has 1 aliphatic carbocycles. The summed E-state index contributed by atoms with van der Waals surface area (Å²) in [6.45, 7) is 0. The molecule has 1 saturated carbocycles. The Morgan fingerprint density at radius 1 is 1.37 bits per heavy atom. The third kappa shape index (κ3) is 4.39. The molecule has 1 aromatic heterocycles. The molecule has 0 atom stereocenters. The van der Waals surface area contributed by atoms with Crippen LogP contribution in [0.2, 0.25) is 0 Å². The number of anilines is 1. The Bertz CT molecular complexity index is 400. The van der Waals surface area contributed by atoms with Crippen molar-refractivity contribution in [3.8, 4) is 0 Å². The fourth-order valence-corrected chi connectivity index (χ4v) is 2.64. The van der Waals surface area contributed by atoms with Crippen molar-refractivity contribution in [3.05, 3.63) is 24.0 Å². The van der Waals surface area contributed by atoms with Crippen molar-refractivity contribution in [2.75, 3.05) is 12.8 Å². The van der Waals surface area contributed by atoms with E-state index in [2.05, 4.69) is 4.98 Å². The molecule has 0 aliphatic heterocycles. The lowest BCUT2D eigenvalue weighted by Gasteiger charge is -2.27. The van der Waals surface area contributed by atoms with Crippen molar-refractivity contribution in [3.63, 3.8) is 0 Å². The SMILES string of the molecule is COC(=O)CC1CCC(c2ccc(N)cn2)CC1.Cl. The normalized spacial score (nSPS) is 22.4. The summed E-state index contributed by atoms with van der Waals surface area (Å²) in [7, 11) is 1.45. The molecule has 0 radical (unpaired) electrons. The molecule has 0 bridgehead atoms. The summed E-state index contributed by atoms with van der Waals surface area (Å²) in [5, 5.41) is 0. The van der Waals surface area contributed by atoms with Gasteiger partial charge in [-0.3, -0.25) is 9.78 Å². The van der Waals surface area contributed by atoms with Crippen LogP contribution in [0.25, 0.3) is 0 Å². The first-order valence-electron chi connectivity index (χ1n) is 6.47. The number of carbonyl (C=O) groups excluding carboxylic acids is 1. The molecule has 1 fully saturated rings. The predicted molar refractivity (Wildman–Crippen MR) is 77.2 cm³/mol. The number of aromatic nitrogens is 1. The molecule has 0 spiro atoms. The van der Waals surface area contributed by atoms with Crippen LogP contribution in [-0.4, -0.2) is 18.1 Å². The van der Waals surface area contributed by atoms with Crippen molar-refractivity contribution in [2.24, 2.45) is 5.92 Å². The Morgan fingerprint density at radius 3 is 2.58 bits per heavy atom. The molecule has 106 valence electrons. The molecule has 0 aromatic carbocycles. The first kappa shape index (κ1) is 15.8. The number of methoxy groups -OCH3 is 1. The average Bonchev–Trinajstić information content (AvgIpc) is 2.40. The van der Waals surface area contributed by atoms with Crippen molar-refractivity contribution >= 4 is 24.1 Å². The van der Waals surface area contributed by atoms with E-state index >= 15 is 0 Å². The second-order valence-electron chi connectivity index (χ2n) is 5.01. The van der Waals surface area contributed by atoms with Crippen molar-refractivity contribution in [1.82, 2.24) is 4.98 Å². The maximum absolute atomic E-state index is 11.2. The zero-order valence-electron chi connectivity index (χ0n) is 11.2. The van der Waals surface area contributed by atoms with Gasteiger partial charge in [0.15, 0.2) is 0 Å². The van der Waals surface area contributed by atoms with Crippen LogP contribution in [-0.2, 0) is 9.53 Å². The molecule has 19 heavy (non-hydrogen) atoms. The number of pyridine rings is 1. The summed E-state index contributed by atoms with van der Waals surface area (Å²) >= 11 is 0. The van der Waals surface area contributed by atoms with Crippen LogP contribution in [0.1, 0.15) is 43.7 Å². The first-order valence-corrected chi connectivity index (χ1v) is 6.47. The van der Waals surface area contributed by atoms with E-state index in [-0.39, 0.29) is 18.4 Å². The maximum Gasteiger partial charge on any atom is 0.305 e. The van der Waals surface area contributed by atoms with Gasteiger partial charge in [0, 0.05) is 18.0 Å². The van der Waals surface area contributed by atoms with Gasteiger partial charge >= 0.3 is 5.97 Å². The molecule has 2 rings (SSSR count). The van der Waals surface area contributed by atoms with Crippen LogP contribution in [0.4, 0.5) is 5.69 Å². The number of nitrogens with zero attached hydrogens (tertiary/aromatic N) is 1. The van der Waals surface area contributed by atoms with E-state index < -0.39 is 0 Å². The van der Waals surface area contributed by atoms with E-state index in [4.69, 9.17) is 10.5 Å². The van der Waals surface area contributed by atoms with Gasteiger partial charge in [0.05, 0.1) is 19.0 Å². The zero-order chi connectivity index (χ0) is 13.0. The van der Waals surface area contributed by atoms with E-state index in [0.717, 1.165) is 31.4 Å². The second-order valence-corrected chi connectivity index (χ2v) is 5.01. The summed E-state index contributed by atoms with van der Waals surface area (Å²) in [6.07, 6.45) is 6.61. The fourth-order valence-electron chi connectivity index (χ4n) is 2.64. The van der Waals surface area contributed by atoms with Crippen LogP contribution >= 0.6 is 12.4 Å². The van der Waals surface area contributed by atoms with Crippen LogP contribution < -0.4 is 5.73 Å². The van der Waals surface area contributed by atoms with E-state index in [1.165, 1.54) is 7.11 Å². The molecule has 1 aromatic rings. The Kier molecular flexibility index (Phi) is 6.09. The lowest BCUT2D eigenvalue weighted by molar-refractivity contribution is -0.142. The van der Waals surface area contributed by atoms with Crippen molar-refractivity contribution in [1.29, 1.82) is 0 Å². The van der Waals surface area contributed by atoms with Crippen LogP contribution in [0.5, 0.6) is 0 Å². The molecule has 0 saturated heterocycles. The quantitative estimate of drug-likeness (QED) is 0.867. The number of halogens is 1. The minimum Gasteiger partial charge on any atom is -0.469 e. The summed E-state index contributed by atoms with van der Waals surface area (Å²) in [5.41, 5.74) is 7.47. The molecule has 0 amide bonds. The summed E-state index contributed by atoms with van der Waals surface area (Å²) in [5.74, 6) is 0.894. The van der Waals surface area contributed by atoms with Crippen LogP contribution in [0, 0.1) is 5.92 Å². The largest absolute Gasteiger partial charge is 0.469 e. The number of hydrogen-bond acceptors (Lipinski definition) is 4. The number of carbonyl (C=O) groups is 1. The minimum atomic E-state index is -0.0935. The highest BCUT2D eigenvalue weighted by molar-refractivity contribution is 5.85. The van der Waals surface area contributed by atoms with Gasteiger partial charge in [-0.1, -0.05) is 0 Å². The average molecular weight is 285 g/mol. The maximum atomic E-state index is 11.2. The molecule has 4 nitrogen and oxygen atoms in total. The minimum absolute atomic E-state index is 0. The Morgan fingerprint density at radius 2 is 2.05 bits per heavy atom. The Balaban J connectivity index is 0.00000180. The van der Waals surface area contributed by atoms with E-state index in [1.54, 1.807) is 6.20 Å². The standard InChI is InChI=1S/C14H20N2O2.ClH/c1-18-14(17)8-10-2-4-11(5-3-10)13-7-6-12(15)9-16-13;/h6-7,9-11H,2-5,8,15H2,1H3;1H. The predicted octanol–water partition coefficient (Wildman–Crippen LogP) is 2.92. The lowest BCUT2D eigenvalue weighted by atomic mass is 9.79. The van der Waals surface area contributed by atoms with Gasteiger partial charge < -0.3 is 10.5 Å². The van der Waals surface area contributed by atoms with E-state index in [9.17, 15) is 4.79 Å². The fraction of sp³-hybridized carbons (Fsp3) is 0.571. The van der Waals surface area contributed by atoms with E-state index in [0.29, 0.717) is 23.9 Å². The summed E-state index contributed by atoms with van der Waals surface area (Å²) in [4.78, 5) is 15.6. The summed E-state index contributed by atoms with van der Waals surface area (Å²) in [6, 6.07) is 3.92. The molecule has 0 unspecified atom stereocenters. The number of hydrogen-bond donors (Lipinski definition) is 1. The summed E-state index contributed by atoms with van der Waals surface area (Å²) < 4.78 is 4.71. The second kappa shape index (κ2) is 7.34. The first-order chi connectivity index (χ1) is 8.69. The van der Waals surface area contributed by atoms with Gasteiger partial charge in [-0.05, 0) is 43.7 Å². The topological polar surface area (TPSA) is 65.2 Å². The molecule has 1 aliphatic rings. The molecule has 1 heterocycles. The highest BCUT2D eigenvalue weighted by Crippen LogP contribution is 2.36. The van der Waals surface area contributed by atoms with E-state index in [1.807, 2.05) is 12.1 Å². The van der Waals surface area contributed by atoms with Gasteiger partial charge in [0.2, 0.25) is 0 Å². The number of nitrogen functional groups attached to an aromatic ring is 1. The Labute approximate surface area is 120 Å². The van der Waals surface area contributed by atoms with Gasteiger partial charge in [0.1, 0.15) is 0 Å². The Hall–Kier alpha value is -1.29. The monoisotopic (exact) mass is 284 g/mol. The highest BCUT2D eigenvalue weighted by atomic mass is 35.5. The molecular weight excluding hydrogens is 264 g/mol. The highest BCUT2D eigenvalue weighted by Gasteiger charge is 2.24.